The summed E-state index contributed by atoms with van der Waals surface area (Å²) in [4.78, 5) is 12.2. The molecule has 0 aliphatic heterocycles. The highest BCUT2D eigenvalue weighted by atomic mass is 19.1. The Morgan fingerprint density at radius 3 is 2.57 bits per heavy atom. The van der Waals surface area contributed by atoms with E-state index in [2.05, 4.69) is 5.32 Å². The Hall–Kier alpha value is -2.40. The van der Waals surface area contributed by atoms with Crippen LogP contribution >= 0.6 is 0 Å². The second-order valence-corrected chi connectivity index (χ2v) is 5.14. The molecule has 1 atom stereocenters. The largest absolute Gasteiger partial charge is 0.494 e. The number of rotatable bonds is 6. The van der Waals surface area contributed by atoms with Crippen LogP contribution in [-0.4, -0.2) is 26.7 Å². The third kappa shape index (κ3) is 4.07. The van der Waals surface area contributed by atoms with Crippen LogP contribution in [0.1, 0.15) is 27.6 Å². The number of carbonyl (C=O) groups is 1. The average molecular weight is 317 g/mol. The SMILES string of the molecule is COc1ccc(C(=O)NC[C@@H](OC)c2ccccc2C)cc1F. The number of aryl methyl sites for hydroxylation is 1. The molecule has 23 heavy (non-hydrogen) atoms. The van der Waals surface area contributed by atoms with Gasteiger partial charge in [0.25, 0.3) is 5.91 Å². The molecule has 1 amide bonds. The molecule has 0 radical (unpaired) electrons. The molecular weight excluding hydrogens is 297 g/mol. The fourth-order valence-corrected chi connectivity index (χ4v) is 2.36. The number of nitrogens with one attached hydrogen (secondary N) is 1. The number of ether oxygens (including phenoxy) is 2. The molecule has 0 aliphatic carbocycles. The van der Waals surface area contributed by atoms with Crippen LogP contribution in [0.2, 0.25) is 0 Å². The normalized spacial score (nSPS) is 11.8. The van der Waals surface area contributed by atoms with Crippen LogP contribution in [0.15, 0.2) is 42.5 Å². The Morgan fingerprint density at radius 2 is 1.96 bits per heavy atom. The molecule has 0 saturated carbocycles. The van der Waals surface area contributed by atoms with Gasteiger partial charge in [-0.2, -0.15) is 0 Å². The molecule has 2 rings (SSSR count). The predicted molar refractivity (Wildman–Crippen MR) is 86.2 cm³/mol. The van der Waals surface area contributed by atoms with Crippen molar-refractivity contribution < 1.29 is 18.7 Å². The molecule has 0 aromatic heterocycles. The molecule has 0 aliphatic rings. The Kier molecular flexibility index (Phi) is 5.71. The molecule has 0 saturated heterocycles. The lowest BCUT2D eigenvalue weighted by Gasteiger charge is -2.18. The van der Waals surface area contributed by atoms with Gasteiger partial charge in [0.15, 0.2) is 11.6 Å². The second kappa shape index (κ2) is 7.74. The number of halogens is 1. The predicted octanol–water partition coefficient (Wildman–Crippen LogP) is 3.26. The standard InChI is InChI=1S/C18H20FNO3/c1-12-6-4-5-7-14(12)17(23-3)11-20-18(21)13-8-9-16(22-2)15(19)10-13/h4-10,17H,11H2,1-3H3,(H,20,21)/t17-/m1/s1. The lowest BCUT2D eigenvalue weighted by molar-refractivity contribution is 0.0825. The third-order valence-electron chi connectivity index (χ3n) is 3.68. The zero-order valence-corrected chi connectivity index (χ0v) is 13.4. The van der Waals surface area contributed by atoms with Gasteiger partial charge < -0.3 is 14.8 Å². The highest BCUT2D eigenvalue weighted by molar-refractivity contribution is 5.94. The van der Waals surface area contributed by atoms with E-state index >= 15 is 0 Å². The van der Waals surface area contributed by atoms with E-state index in [0.717, 1.165) is 17.2 Å². The van der Waals surface area contributed by atoms with E-state index in [1.807, 2.05) is 31.2 Å². The molecular formula is C18H20FNO3. The van der Waals surface area contributed by atoms with Crippen molar-refractivity contribution in [1.82, 2.24) is 5.32 Å². The summed E-state index contributed by atoms with van der Waals surface area (Å²) in [5.41, 5.74) is 2.34. The summed E-state index contributed by atoms with van der Waals surface area (Å²) in [6.45, 7) is 2.29. The molecule has 122 valence electrons. The van der Waals surface area contributed by atoms with Crippen molar-refractivity contribution in [3.63, 3.8) is 0 Å². The van der Waals surface area contributed by atoms with Crippen LogP contribution in [0, 0.1) is 12.7 Å². The number of hydrogen-bond donors (Lipinski definition) is 1. The minimum Gasteiger partial charge on any atom is -0.494 e. The van der Waals surface area contributed by atoms with E-state index < -0.39 is 5.82 Å². The molecule has 2 aromatic carbocycles. The monoisotopic (exact) mass is 317 g/mol. The Bertz CT molecular complexity index is 688. The molecule has 0 spiro atoms. The van der Waals surface area contributed by atoms with Crippen molar-refractivity contribution in [3.8, 4) is 5.75 Å². The van der Waals surface area contributed by atoms with E-state index in [1.165, 1.54) is 19.2 Å². The second-order valence-electron chi connectivity index (χ2n) is 5.14. The number of benzene rings is 2. The molecule has 1 N–H and O–H groups in total. The topological polar surface area (TPSA) is 47.6 Å². The van der Waals surface area contributed by atoms with Crippen LogP contribution in [0.5, 0.6) is 5.75 Å². The van der Waals surface area contributed by atoms with E-state index in [4.69, 9.17) is 9.47 Å². The number of hydrogen-bond acceptors (Lipinski definition) is 3. The van der Waals surface area contributed by atoms with Crippen LogP contribution in [0.4, 0.5) is 4.39 Å². The van der Waals surface area contributed by atoms with Gasteiger partial charge >= 0.3 is 0 Å². The van der Waals surface area contributed by atoms with Crippen molar-refractivity contribution in [2.24, 2.45) is 0 Å². The van der Waals surface area contributed by atoms with Crippen LogP contribution in [0.25, 0.3) is 0 Å². The molecule has 2 aromatic rings. The highest BCUT2D eigenvalue weighted by Crippen LogP contribution is 2.20. The van der Waals surface area contributed by atoms with E-state index in [1.54, 1.807) is 7.11 Å². The quantitative estimate of drug-likeness (QED) is 0.889. The minimum absolute atomic E-state index is 0.108. The van der Waals surface area contributed by atoms with Gasteiger partial charge in [-0.25, -0.2) is 4.39 Å². The molecule has 0 unspecified atom stereocenters. The number of methoxy groups -OCH3 is 2. The lowest BCUT2D eigenvalue weighted by Crippen LogP contribution is -2.29. The third-order valence-corrected chi connectivity index (χ3v) is 3.68. The van der Waals surface area contributed by atoms with Gasteiger partial charge in [0, 0.05) is 19.2 Å². The van der Waals surface area contributed by atoms with Crippen molar-refractivity contribution in [2.45, 2.75) is 13.0 Å². The van der Waals surface area contributed by atoms with Gasteiger partial charge in [-0.15, -0.1) is 0 Å². The summed E-state index contributed by atoms with van der Waals surface area (Å²) in [6, 6.07) is 11.9. The fraction of sp³-hybridized carbons (Fsp3) is 0.278. The van der Waals surface area contributed by atoms with Crippen molar-refractivity contribution in [3.05, 3.63) is 65.0 Å². The summed E-state index contributed by atoms with van der Waals surface area (Å²) in [5.74, 6) is -0.819. The van der Waals surface area contributed by atoms with Crippen LogP contribution < -0.4 is 10.1 Å². The van der Waals surface area contributed by atoms with Crippen molar-refractivity contribution >= 4 is 5.91 Å². The minimum atomic E-state index is -0.567. The maximum absolute atomic E-state index is 13.7. The first-order valence-electron chi connectivity index (χ1n) is 7.27. The van der Waals surface area contributed by atoms with Gasteiger partial charge in [0.2, 0.25) is 0 Å². The first-order chi connectivity index (χ1) is 11.1. The first kappa shape index (κ1) is 17.0. The van der Waals surface area contributed by atoms with E-state index in [-0.39, 0.29) is 23.3 Å². The summed E-state index contributed by atoms with van der Waals surface area (Å²) in [5, 5.41) is 2.77. The summed E-state index contributed by atoms with van der Waals surface area (Å²) in [7, 11) is 2.97. The summed E-state index contributed by atoms with van der Waals surface area (Å²) >= 11 is 0. The fourth-order valence-electron chi connectivity index (χ4n) is 2.36. The maximum atomic E-state index is 13.7. The van der Waals surface area contributed by atoms with E-state index in [0.29, 0.717) is 6.54 Å². The van der Waals surface area contributed by atoms with Crippen molar-refractivity contribution in [2.75, 3.05) is 20.8 Å². The smallest absolute Gasteiger partial charge is 0.251 e. The molecule has 5 heteroatoms. The zero-order chi connectivity index (χ0) is 16.8. The maximum Gasteiger partial charge on any atom is 0.251 e. The Labute approximate surface area is 135 Å². The van der Waals surface area contributed by atoms with Gasteiger partial charge in [-0.1, -0.05) is 24.3 Å². The zero-order valence-electron chi connectivity index (χ0n) is 13.4. The average Bonchev–Trinajstić information content (AvgIpc) is 2.56. The first-order valence-corrected chi connectivity index (χ1v) is 7.27. The summed E-state index contributed by atoms with van der Waals surface area (Å²) in [6.07, 6.45) is -0.261. The lowest BCUT2D eigenvalue weighted by atomic mass is 10.0. The van der Waals surface area contributed by atoms with Crippen LogP contribution in [0.3, 0.4) is 0 Å². The highest BCUT2D eigenvalue weighted by Gasteiger charge is 2.15. The van der Waals surface area contributed by atoms with Gasteiger partial charge in [-0.05, 0) is 36.2 Å². The van der Waals surface area contributed by atoms with Gasteiger partial charge in [0.05, 0.1) is 13.2 Å². The number of amides is 1. The van der Waals surface area contributed by atoms with Gasteiger partial charge in [-0.3, -0.25) is 4.79 Å². The molecule has 4 nitrogen and oxygen atoms in total. The molecule has 0 fully saturated rings. The molecule has 0 heterocycles. The Balaban J connectivity index is 2.05. The Morgan fingerprint density at radius 1 is 1.22 bits per heavy atom. The van der Waals surface area contributed by atoms with Crippen LogP contribution in [-0.2, 0) is 4.74 Å². The molecule has 0 bridgehead atoms. The van der Waals surface area contributed by atoms with E-state index in [9.17, 15) is 9.18 Å². The van der Waals surface area contributed by atoms with Gasteiger partial charge in [0.1, 0.15) is 0 Å². The van der Waals surface area contributed by atoms with Crippen molar-refractivity contribution in [1.29, 1.82) is 0 Å². The summed E-state index contributed by atoms with van der Waals surface area (Å²) < 4.78 is 24.0. The number of carbonyl (C=O) groups excluding carboxylic acids is 1.